The van der Waals surface area contributed by atoms with Gasteiger partial charge in [-0.25, -0.2) is 4.98 Å². The quantitative estimate of drug-likeness (QED) is 0.900. The third kappa shape index (κ3) is 3.32. The Morgan fingerprint density at radius 1 is 1.38 bits per heavy atom. The fraction of sp³-hybridized carbons (Fsp3) is 0.500. The Morgan fingerprint density at radius 3 is 2.73 bits per heavy atom. The average Bonchev–Trinajstić information content (AvgIpc) is 3.02. The highest BCUT2D eigenvalue weighted by Crippen LogP contribution is 2.33. The number of hydrogen-bond donors (Lipinski definition) is 1. The molecule has 1 unspecified atom stereocenters. The summed E-state index contributed by atoms with van der Waals surface area (Å²) in [6.45, 7) is 6.43. The van der Waals surface area contributed by atoms with Gasteiger partial charge in [0.25, 0.3) is 0 Å². The third-order valence-electron chi connectivity index (χ3n) is 4.91. The highest BCUT2D eigenvalue weighted by molar-refractivity contribution is 5.79. The molecule has 2 aromatic heterocycles. The molecule has 140 valence electrons. The lowest BCUT2D eigenvalue weighted by Crippen LogP contribution is -2.38. The third-order valence-corrected chi connectivity index (χ3v) is 4.91. The Labute approximate surface area is 149 Å². The van der Waals surface area contributed by atoms with E-state index in [-0.39, 0.29) is 17.5 Å². The maximum absolute atomic E-state index is 12.8. The van der Waals surface area contributed by atoms with E-state index >= 15 is 0 Å². The molecular weight excluding hydrogens is 345 g/mol. The van der Waals surface area contributed by atoms with Crippen LogP contribution in [0.3, 0.4) is 0 Å². The van der Waals surface area contributed by atoms with Crippen molar-refractivity contribution in [2.24, 2.45) is 5.92 Å². The smallest absolute Gasteiger partial charge is 0.338 e. The Kier molecular flexibility index (Phi) is 4.77. The van der Waals surface area contributed by atoms with Gasteiger partial charge in [-0.15, -0.1) is 0 Å². The van der Waals surface area contributed by atoms with Crippen molar-refractivity contribution < 1.29 is 18.0 Å². The first-order chi connectivity index (χ1) is 12.2. The van der Waals surface area contributed by atoms with Crippen LogP contribution in [0.15, 0.2) is 12.1 Å². The van der Waals surface area contributed by atoms with Crippen LogP contribution in [0.5, 0.6) is 0 Å². The van der Waals surface area contributed by atoms with Gasteiger partial charge in [0.15, 0.2) is 0 Å². The molecule has 1 aliphatic heterocycles. The van der Waals surface area contributed by atoms with Crippen LogP contribution in [0.25, 0.3) is 11.3 Å². The highest BCUT2D eigenvalue weighted by Gasteiger charge is 2.33. The van der Waals surface area contributed by atoms with Crippen molar-refractivity contribution in [2.75, 3.05) is 6.54 Å². The number of nitrogens with zero attached hydrogens (tertiary/aromatic N) is 3. The second-order valence-corrected chi connectivity index (χ2v) is 6.68. The number of fused-ring (bicyclic) bond motifs is 1. The zero-order valence-electron chi connectivity index (χ0n) is 14.9. The number of aryl methyl sites for hydroxylation is 1. The van der Waals surface area contributed by atoms with Gasteiger partial charge in [0.05, 0.1) is 5.69 Å². The molecule has 5 nitrogen and oxygen atoms in total. The molecule has 1 atom stereocenters. The molecule has 1 aliphatic rings. The molecule has 26 heavy (non-hydrogen) atoms. The summed E-state index contributed by atoms with van der Waals surface area (Å²) in [4.78, 5) is 18.0. The fourth-order valence-electron chi connectivity index (χ4n) is 3.16. The van der Waals surface area contributed by atoms with E-state index in [1.807, 2.05) is 13.8 Å². The summed E-state index contributed by atoms with van der Waals surface area (Å²) in [5.74, 6) is 0.0361. The van der Waals surface area contributed by atoms with Crippen molar-refractivity contribution in [3.8, 4) is 11.3 Å². The van der Waals surface area contributed by atoms with Gasteiger partial charge in [-0.05, 0) is 25.5 Å². The first-order valence-corrected chi connectivity index (χ1v) is 8.62. The summed E-state index contributed by atoms with van der Waals surface area (Å²) in [6.07, 6.45) is -3.06. The summed E-state index contributed by atoms with van der Waals surface area (Å²) in [5, 5.41) is 7.26. The second-order valence-electron chi connectivity index (χ2n) is 6.68. The zero-order valence-corrected chi connectivity index (χ0v) is 14.9. The minimum atomic E-state index is -4.48. The molecule has 1 amide bonds. The molecule has 8 heteroatoms. The summed E-state index contributed by atoms with van der Waals surface area (Å²) >= 11 is 0. The summed E-state index contributed by atoms with van der Waals surface area (Å²) in [5.41, 5.74) is 2.25. The highest BCUT2D eigenvalue weighted by atomic mass is 19.4. The lowest BCUT2D eigenvalue weighted by atomic mass is 9.98. The number of amides is 1. The number of carbonyl (C=O) groups is 1. The van der Waals surface area contributed by atoms with Gasteiger partial charge in [0, 0.05) is 47.9 Å². The number of hydrogen-bond acceptors (Lipinski definition) is 3. The van der Waals surface area contributed by atoms with E-state index in [0.717, 1.165) is 23.7 Å². The molecule has 0 saturated heterocycles. The van der Waals surface area contributed by atoms with Crippen LogP contribution in [-0.4, -0.2) is 32.5 Å². The van der Waals surface area contributed by atoms with Gasteiger partial charge in [0.2, 0.25) is 5.91 Å². The maximum atomic E-state index is 12.8. The van der Waals surface area contributed by atoms with E-state index < -0.39 is 11.9 Å². The number of carbonyl (C=O) groups excluding carboxylic acids is 1. The molecule has 3 heterocycles. The van der Waals surface area contributed by atoms with Crippen LogP contribution < -0.4 is 0 Å². The van der Waals surface area contributed by atoms with Crippen LogP contribution in [0.4, 0.5) is 13.2 Å². The number of rotatable bonds is 3. The minimum absolute atomic E-state index is 0.0543. The zero-order chi connectivity index (χ0) is 19.1. The Morgan fingerprint density at radius 2 is 2.12 bits per heavy atom. The average molecular weight is 366 g/mol. The first-order valence-electron chi connectivity index (χ1n) is 8.62. The lowest BCUT2D eigenvalue weighted by molar-refractivity contribution is -0.141. The van der Waals surface area contributed by atoms with Crippen molar-refractivity contribution in [1.82, 2.24) is 20.1 Å². The van der Waals surface area contributed by atoms with E-state index in [1.54, 1.807) is 4.90 Å². The van der Waals surface area contributed by atoms with Gasteiger partial charge < -0.3 is 4.90 Å². The topological polar surface area (TPSA) is 61.9 Å². The number of pyridine rings is 1. The molecule has 1 N–H and O–H groups in total. The molecule has 0 saturated carbocycles. The number of aromatic amines is 1. The van der Waals surface area contributed by atoms with Crippen LogP contribution in [0.1, 0.15) is 42.9 Å². The largest absolute Gasteiger partial charge is 0.433 e. The normalized spacial score (nSPS) is 15.7. The Hall–Kier alpha value is -2.38. The first kappa shape index (κ1) is 18.4. The number of H-pyrrole nitrogens is 1. The van der Waals surface area contributed by atoms with Crippen LogP contribution in [-0.2, 0) is 23.9 Å². The molecule has 0 fully saturated rings. The van der Waals surface area contributed by atoms with Crippen molar-refractivity contribution >= 4 is 5.91 Å². The van der Waals surface area contributed by atoms with E-state index in [1.165, 1.54) is 13.0 Å². The summed E-state index contributed by atoms with van der Waals surface area (Å²) in [6, 6.07) is 2.37. The Bertz CT molecular complexity index is 828. The van der Waals surface area contributed by atoms with E-state index in [2.05, 4.69) is 15.2 Å². The summed E-state index contributed by atoms with van der Waals surface area (Å²) < 4.78 is 38.5. The molecule has 0 aliphatic carbocycles. The van der Waals surface area contributed by atoms with Crippen LogP contribution in [0.2, 0.25) is 0 Å². The van der Waals surface area contributed by atoms with Crippen molar-refractivity contribution in [1.29, 1.82) is 0 Å². The van der Waals surface area contributed by atoms with Crippen molar-refractivity contribution in [3.05, 3.63) is 34.8 Å². The minimum Gasteiger partial charge on any atom is -0.338 e. The predicted octanol–water partition coefficient (Wildman–Crippen LogP) is 3.73. The van der Waals surface area contributed by atoms with Crippen molar-refractivity contribution in [3.63, 3.8) is 0 Å². The number of halogens is 3. The maximum Gasteiger partial charge on any atom is 0.433 e. The van der Waals surface area contributed by atoms with Gasteiger partial charge in [0.1, 0.15) is 5.69 Å². The molecule has 0 spiro atoms. The standard InChI is InChI=1S/C18H21F3N4O/c1-4-10(2)17(26)25-8-7-14-13(9-25)16(24-23-14)12-5-6-15(18(19,20)21)22-11(12)3/h5-6,10H,4,7-9H2,1-3H3,(H,23,24). The molecule has 2 aromatic rings. The second kappa shape index (κ2) is 6.74. The molecule has 0 radical (unpaired) electrons. The molecule has 0 aromatic carbocycles. The van der Waals surface area contributed by atoms with Crippen LogP contribution >= 0.6 is 0 Å². The molecule has 3 rings (SSSR count). The number of nitrogens with one attached hydrogen (secondary N) is 1. The molecule has 0 bridgehead atoms. The molecular formula is C18H21F3N4O. The predicted molar refractivity (Wildman–Crippen MR) is 90.1 cm³/mol. The van der Waals surface area contributed by atoms with Gasteiger partial charge >= 0.3 is 6.18 Å². The summed E-state index contributed by atoms with van der Waals surface area (Å²) in [7, 11) is 0. The van der Waals surface area contributed by atoms with Crippen LogP contribution in [0, 0.1) is 12.8 Å². The monoisotopic (exact) mass is 366 g/mol. The number of aromatic nitrogens is 3. The van der Waals surface area contributed by atoms with Gasteiger partial charge in [-0.3, -0.25) is 9.89 Å². The fourth-order valence-corrected chi connectivity index (χ4v) is 3.16. The van der Waals surface area contributed by atoms with Gasteiger partial charge in [-0.1, -0.05) is 13.8 Å². The van der Waals surface area contributed by atoms with E-state index in [4.69, 9.17) is 0 Å². The van der Waals surface area contributed by atoms with E-state index in [9.17, 15) is 18.0 Å². The van der Waals surface area contributed by atoms with E-state index in [0.29, 0.717) is 30.8 Å². The van der Waals surface area contributed by atoms with Crippen molar-refractivity contribution in [2.45, 2.75) is 46.3 Å². The number of alkyl halides is 3. The lowest BCUT2D eigenvalue weighted by Gasteiger charge is -2.29. The Balaban J connectivity index is 1.93. The SMILES string of the molecule is CCC(C)C(=O)N1CCc2[nH]nc(-c3ccc(C(F)(F)F)nc3C)c2C1. The van der Waals surface area contributed by atoms with Gasteiger partial charge in [-0.2, -0.15) is 18.3 Å².